The van der Waals surface area contributed by atoms with E-state index < -0.39 is 0 Å². The number of hydrogen-bond donors (Lipinski definition) is 1. The molecule has 0 aromatic rings. The molecule has 1 aliphatic rings. The van der Waals surface area contributed by atoms with Crippen LogP contribution in [-0.4, -0.2) is 29.4 Å². The molecular weight excluding hydrogens is 188 g/mol. The van der Waals surface area contributed by atoms with Crippen LogP contribution in [0.4, 0.5) is 0 Å². The SMILES string of the molecule is C#CCCC(=O)N1C(C)CCCC1CN. The number of terminal acetylenes is 1. The van der Waals surface area contributed by atoms with Gasteiger partial charge >= 0.3 is 0 Å². The van der Waals surface area contributed by atoms with Gasteiger partial charge in [0.2, 0.25) is 5.91 Å². The second-order valence-electron chi connectivity index (χ2n) is 4.17. The minimum atomic E-state index is 0.163. The van der Waals surface area contributed by atoms with E-state index in [0.29, 0.717) is 25.4 Å². The van der Waals surface area contributed by atoms with E-state index in [1.54, 1.807) is 0 Å². The Balaban J connectivity index is 2.61. The maximum atomic E-state index is 11.9. The highest BCUT2D eigenvalue weighted by Gasteiger charge is 2.29. The Morgan fingerprint density at radius 2 is 2.33 bits per heavy atom. The van der Waals surface area contributed by atoms with Gasteiger partial charge in [-0.1, -0.05) is 0 Å². The average Bonchev–Trinajstić information content (AvgIpc) is 2.25. The van der Waals surface area contributed by atoms with Crippen molar-refractivity contribution in [1.82, 2.24) is 4.90 Å². The normalized spacial score (nSPS) is 26.1. The Morgan fingerprint density at radius 3 is 2.93 bits per heavy atom. The average molecular weight is 208 g/mol. The van der Waals surface area contributed by atoms with Crippen molar-refractivity contribution < 1.29 is 4.79 Å². The number of amides is 1. The second kappa shape index (κ2) is 5.77. The molecule has 0 saturated carbocycles. The van der Waals surface area contributed by atoms with Crippen LogP contribution in [0.2, 0.25) is 0 Å². The fourth-order valence-corrected chi connectivity index (χ4v) is 2.28. The van der Waals surface area contributed by atoms with Crippen molar-refractivity contribution in [3.63, 3.8) is 0 Å². The smallest absolute Gasteiger partial charge is 0.224 e. The molecule has 1 rings (SSSR count). The van der Waals surface area contributed by atoms with Gasteiger partial charge in [-0.05, 0) is 26.2 Å². The summed E-state index contributed by atoms with van der Waals surface area (Å²) in [6, 6.07) is 0.539. The molecule has 0 aromatic carbocycles. The number of nitrogens with two attached hydrogens (primary N) is 1. The minimum absolute atomic E-state index is 0.163. The highest BCUT2D eigenvalue weighted by Crippen LogP contribution is 2.23. The van der Waals surface area contributed by atoms with Crippen LogP contribution in [0, 0.1) is 12.3 Å². The zero-order chi connectivity index (χ0) is 11.3. The third kappa shape index (κ3) is 2.97. The summed E-state index contributed by atoms with van der Waals surface area (Å²) in [5.74, 6) is 2.67. The summed E-state index contributed by atoms with van der Waals surface area (Å²) in [5.41, 5.74) is 5.69. The Kier molecular flexibility index (Phi) is 4.64. The van der Waals surface area contributed by atoms with E-state index in [1.165, 1.54) is 6.42 Å². The fraction of sp³-hybridized carbons (Fsp3) is 0.750. The lowest BCUT2D eigenvalue weighted by molar-refractivity contribution is -0.137. The zero-order valence-electron chi connectivity index (χ0n) is 9.41. The van der Waals surface area contributed by atoms with Crippen LogP contribution in [-0.2, 0) is 4.79 Å². The molecule has 2 unspecified atom stereocenters. The van der Waals surface area contributed by atoms with E-state index in [1.807, 2.05) is 4.90 Å². The van der Waals surface area contributed by atoms with Crippen LogP contribution in [0.3, 0.4) is 0 Å². The first kappa shape index (κ1) is 12.1. The maximum Gasteiger partial charge on any atom is 0.224 e. The van der Waals surface area contributed by atoms with Crippen LogP contribution in [0.1, 0.15) is 39.0 Å². The van der Waals surface area contributed by atoms with E-state index in [2.05, 4.69) is 12.8 Å². The van der Waals surface area contributed by atoms with Gasteiger partial charge in [-0.15, -0.1) is 12.3 Å². The summed E-state index contributed by atoms with van der Waals surface area (Å²) in [5, 5.41) is 0. The third-order valence-electron chi connectivity index (χ3n) is 3.07. The minimum Gasteiger partial charge on any atom is -0.336 e. The standard InChI is InChI=1S/C12H20N2O/c1-3-4-8-12(15)14-10(2)6-5-7-11(14)9-13/h1,10-11H,4-9,13H2,2H3. The molecule has 2 atom stereocenters. The summed E-state index contributed by atoms with van der Waals surface area (Å²) in [6.45, 7) is 2.65. The highest BCUT2D eigenvalue weighted by molar-refractivity contribution is 5.77. The van der Waals surface area contributed by atoms with Gasteiger partial charge in [-0.25, -0.2) is 0 Å². The first-order valence-corrected chi connectivity index (χ1v) is 5.65. The predicted octanol–water partition coefficient (Wildman–Crippen LogP) is 1.13. The molecule has 3 heteroatoms. The maximum absolute atomic E-state index is 11.9. The first-order chi connectivity index (χ1) is 7.20. The van der Waals surface area contributed by atoms with Crippen LogP contribution >= 0.6 is 0 Å². The molecule has 1 aliphatic heterocycles. The number of likely N-dealkylation sites (tertiary alicyclic amines) is 1. The molecule has 1 amide bonds. The molecule has 84 valence electrons. The lowest BCUT2D eigenvalue weighted by atomic mass is 9.96. The molecule has 3 nitrogen and oxygen atoms in total. The van der Waals surface area contributed by atoms with Gasteiger partial charge in [0.05, 0.1) is 0 Å². The molecule has 0 aliphatic carbocycles. The quantitative estimate of drug-likeness (QED) is 0.707. The van der Waals surface area contributed by atoms with Gasteiger partial charge < -0.3 is 10.6 Å². The van der Waals surface area contributed by atoms with Crippen molar-refractivity contribution in [2.24, 2.45) is 5.73 Å². The van der Waals surface area contributed by atoms with Crippen molar-refractivity contribution in [1.29, 1.82) is 0 Å². The number of carbonyl (C=O) groups is 1. The molecule has 1 saturated heterocycles. The first-order valence-electron chi connectivity index (χ1n) is 5.65. The second-order valence-corrected chi connectivity index (χ2v) is 4.17. The van der Waals surface area contributed by atoms with E-state index in [9.17, 15) is 4.79 Å². The van der Waals surface area contributed by atoms with Gasteiger partial charge in [0, 0.05) is 31.5 Å². The molecule has 0 radical (unpaired) electrons. The number of hydrogen-bond acceptors (Lipinski definition) is 2. The fourth-order valence-electron chi connectivity index (χ4n) is 2.28. The van der Waals surface area contributed by atoms with Crippen molar-refractivity contribution in [3.05, 3.63) is 0 Å². The summed E-state index contributed by atoms with van der Waals surface area (Å²) >= 11 is 0. The van der Waals surface area contributed by atoms with Crippen LogP contribution in [0.15, 0.2) is 0 Å². The number of nitrogens with zero attached hydrogens (tertiary/aromatic N) is 1. The Labute approximate surface area is 92.0 Å². The third-order valence-corrected chi connectivity index (χ3v) is 3.07. The van der Waals surface area contributed by atoms with E-state index in [4.69, 9.17) is 12.2 Å². The van der Waals surface area contributed by atoms with Crippen molar-refractivity contribution in [2.45, 2.75) is 51.1 Å². The monoisotopic (exact) mass is 208 g/mol. The zero-order valence-corrected chi connectivity index (χ0v) is 9.41. The molecule has 0 spiro atoms. The van der Waals surface area contributed by atoms with E-state index >= 15 is 0 Å². The Hall–Kier alpha value is -1.01. The topological polar surface area (TPSA) is 46.3 Å². The Bertz CT molecular complexity index is 257. The van der Waals surface area contributed by atoms with Gasteiger partial charge in [-0.3, -0.25) is 4.79 Å². The lowest BCUT2D eigenvalue weighted by Gasteiger charge is -2.40. The van der Waals surface area contributed by atoms with Crippen molar-refractivity contribution >= 4 is 5.91 Å². The van der Waals surface area contributed by atoms with Crippen LogP contribution in [0.5, 0.6) is 0 Å². The van der Waals surface area contributed by atoms with Gasteiger partial charge in [0.15, 0.2) is 0 Å². The lowest BCUT2D eigenvalue weighted by Crippen LogP contribution is -2.51. The predicted molar refractivity (Wildman–Crippen MR) is 61.1 cm³/mol. The summed E-state index contributed by atoms with van der Waals surface area (Å²) < 4.78 is 0. The largest absolute Gasteiger partial charge is 0.336 e. The molecule has 0 aromatic heterocycles. The molecule has 1 fully saturated rings. The molecule has 15 heavy (non-hydrogen) atoms. The van der Waals surface area contributed by atoms with Gasteiger partial charge in [0.1, 0.15) is 0 Å². The summed E-state index contributed by atoms with van der Waals surface area (Å²) in [6.07, 6.45) is 9.43. The summed E-state index contributed by atoms with van der Waals surface area (Å²) in [4.78, 5) is 13.9. The Morgan fingerprint density at radius 1 is 1.60 bits per heavy atom. The van der Waals surface area contributed by atoms with E-state index in [0.717, 1.165) is 12.8 Å². The number of carbonyl (C=O) groups excluding carboxylic acids is 1. The molecule has 1 heterocycles. The van der Waals surface area contributed by atoms with Crippen molar-refractivity contribution in [2.75, 3.05) is 6.54 Å². The van der Waals surface area contributed by atoms with Crippen molar-refractivity contribution in [3.8, 4) is 12.3 Å². The highest BCUT2D eigenvalue weighted by atomic mass is 16.2. The van der Waals surface area contributed by atoms with Gasteiger partial charge in [-0.2, -0.15) is 0 Å². The molecular formula is C12H20N2O. The van der Waals surface area contributed by atoms with Gasteiger partial charge in [0.25, 0.3) is 0 Å². The van der Waals surface area contributed by atoms with Crippen LogP contribution in [0.25, 0.3) is 0 Å². The molecule has 2 N–H and O–H groups in total. The van der Waals surface area contributed by atoms with E-state index in [-0.39, 0.29) is 11.9 Å². The molecule has 0 bridgehead atoms. The summed E-state index contributed by atoms with van der Waals surface area (Å²) in [7, 11) is 0. The number of piperidine rings is 1. The number of rotatable bonds is 3. The van der Waals surface area contributed by atoms with Crippen LogP contribution < -0.4 is 5.73 Å².